The van der Waals surface area contributed by atoms with E-state index in [1.807, 2.05) is 11.8 Å². The van der Waals surface area contributed by atoms with E-state index in [-0.39, 0.29) is 18.2 Å². The highest BCUT2D eigenvalue weighted by atomic mass is 35.5. The van der Waals surface area contributed by atoms with Crippen LogP contribution in [0.1, 0.15) is 6.92 Å². The van der Waals surface area contributed by atoms with Gasteiger partial charge in [0.05, 0.1) is 6.34 Å². The minimum Gasteiger partial charge on any atom is -0.368 e. The van der Waals surface area contributed by atoms with Crippen LogP contribution in [0.3, 0.4) is 0 Å². The molecule has 6 heteroatoms. The third kappa shape index (κ3) is 1.29. The molecule has 0 radical (unpaired) electrons. The molecule has 0 saturated carbocycles. The van der Waals surface area contributed by atoms with Crippen LogP contribution in [0.25, 0.3) is 0 Å². The van der Waals surface area contributed by atoms with Gasteiger partial charge < -0.3 is 10.6 Å². The van der Waals surface area contributed by atoms with Crippen LogP contribution in [0, 0.1) is 0 Å². The average molecular weight is 200 g/mol. The number of nitrogens with zero attached hydrogens (tertiary/aromatic N) is 4. The van der Waals surface area contributed by atoms with E-state index in [1.165, 1.54) is 0 Å². The Balaban J connectivity index is 2.29. The lowest BCUT2D eigenvalue weighted by Crippen LogP contribution is -2.43. The van der Waals surface area contributed by atoms with Gasteiger partial charge >= 0.3 is 0 Å². The van der Waals surface area contributed by atoms with Crippen molar-refractivity contribution in [3.05, 3.63) is 0 Å². The molecule has 2 atom stereocenters. The fraction of sp³-hybridized carbons (Fsp3) is 0.571. The summed E-state index contributed by atoms with van der Waals surface area (Å²) < 4.78 is 0. The maximum absolute atomic E-state index is 5.95. The van der Waals surface area contributed by atoms with Crippen molar-refractivity contribution in [1.82, 2.24) is 4.90 Å². The fourth-order valence-electron chi connectivity index (χ4n) is 1.46. The van der Waals surface area contributed by atoms with Crippen LogP contribution in [0.15, 0.2) is 15.0 Å². The zero-order chi connectivity index (χ0) is 9.42. The van der Waals surface area contributed by atoms with Crippen molar-refractivity contribution in [3.63, 3.8) is 0 Å². The lowest BCUT2D eigenvalue weighted by molar-refractivity contribution is 0.398. The second-order valence-electron chi connectivity index (χ2n) is 2.88. The van der Waals surface area contributed by atoms with Crippen molar-refractivity contribution < 1.29 is 0 Å². The molecular weight excluding hydrogens is 190 g/mol. The number of halogens is 1. The minimum atomic E-state index is -0.204. The Kier molecular flexibility index (Phi) is 1.95. The molecule has 0 aromatic rings. The monoisotopic (exact) mass is 199 g/mol. The Labute approximate surface area is 81.0 Å². The highest BCUT2D eigenvalue weighted by Crippen LogP contribution is 2.21. The normalized spacial score (nSPS) is 31.4. The van der Waals surface area contributed by atoms with E-state index in [9.17, 15) is 0 Å². The number of likely N-dealkylation sites (N-methyl/N-ethyl adjacent to an activating group) is 1. The Morgan fingerprint density at radius 3 is 3.15 bits per heavy atom. The molecule has 13 heavy (non-hydrogen) atoms. The Morgan fingerprint density at radius 1 is 1.69 bits per heavy atom. The lowest BCUT2D eigenvalue weighted by atomic mass is 10.2. The van der Waals surface area contributed by atoms with Gasteiger partial charge in [0.2, 0.25) is 5.96 Å². The summed E-state index contributed by atoms with van der Waals surface area (Å²) in [5.74, 6) is 0.210. The summed E-state index contributed by atoms with van der Waals surface area (Å²) in [5, 5.41) is 0.469. The first-order chi connectivity index (χ1) is 6.22. The highest BCUT2D eigenvalue weighted by molar-refractivity contribution is 6.67. The molecule has 5 nitrogen and oxygen atoms in total. The van der Waals surface area contributed by atoms with E-state index in [1.54, 1.807) is 6.34 Å². The molecule has 0 aromatic heterocycles. The smallest absolute Gasteiger partial charge is 0.218 e. The molecule has 2 aliphatic heterocycles. The molecule has 0 bridgehead atoms. The van der Waals surface area contributed by atoms with Crippen LogP contribution >= 0.6 is 11.6 Å². The van der Waals surface area contributed by atoms with Crippen molar-refractivity contribution in [3.8, 4) is 0 Å². The van der Waals surface area contributed by atoms with E-state index in [0.717, 1.165) is 6.54 Å². The van der Waals surface area contributed by atoms with Gasteiger partial charge in [-0.05, 0) is 6.92 Å². The highest BCUT2D eigenvalue weighted by Gasteiger charge is 2.35. The van der Waals surface area contributed by atoms with E-state index >= 15 is 0 Å². The molecule has 2 N–H and O–H groups in total. The number of hydrogen-bond acceptors (Lipinski definition) is 5. The first-order valence-electron chi connectivity index (χ1n) is 4.08. The quantitative estimate of drug-likeness (QED) is 0.647. The van der Waals surface area contributed by atoms with Gasteiger partial charge in [0.1, 0.15) is 11.2 Å². The van der Waals surface area contributed by atoms with E-state index < -0.39 is 0 Å². The van der Waals surface area contributed by atoms with Crippen molar-refractivity contribution in [2.75, 3.05) is 6.54 Å². The zero-order valence-corrected chi connectivity index (χ0v) is 7.94. The molecule has 0 spiro atoms. The zero-order valence-electron chi connectivity index (χ0n) is 7.18. The van der Waals surface area contributed by atoms with Crippen molar-refractivity contribution in [2.24, 2.45) is 20.7 Å². The van der Waals surface area contributed by atoms with Gasteiger partial charge in [0.25, 0.3) is 0 Å². The molecular formula is C7H10ClN5. The van der Waals surface area contributed by atoms with Gasteiger partial charge in [-0.2, -0.15) is 0 Å². The third-order valence-corrected chi connectivity index (χ3v) is 2.41. The molecule has 0 aromatic carbocycles. The third-order valence-electron chi connectivity index (χ3n) is 2.10. The van der Waals surface area contributed by atoms with E-state index in [4.69, 9.17) is 17.3 Å². The second kappa shape index (κ2) is 2.99. The second-order valence-corrected chi connectivity index (χ2v) is 3.26. The number of fused-ring (bicyclic) bond motifs is 1. The van der Waals surface area contributed by atoms with Gasteiger partial charge in [-0.25, -0.2) is 15.0 Å². The summed E-state index contributed by atoms with van der Waals surface area (Å²) in [6, 6.07) is -0.0426. The number of nitrogens with two attached hydrogens (primary N) is 1. The largest absolute Gasteiger partial charge is 0.368 e. The maximum Gasteiger partial charge on any atom is 0.218 e. The molecule has 0 amide bonds. The summed E-state index contributed by atoms with van der Waals surface area (Å²) in [7, 11) is 0. The molecule has 70 valence electrons. The summed E-state index contributed by atoms with van der Waals surface area (Å²) in [6.45, 7) is 2.87. The molecule has 0 fully saturated rings. The van der Waals surface area contributed by atoms with Crippen molar-refractivity contribution in [2.45, 2.75) is 19.1 Å². The Hall–Kier alpha value is -1.10. The van der Waals surface area contributed by atoms with E-state index in [0.29, 0.717) is 5.17 Å². The summed E-state index contributed by atoms with van der Waals surface area (Å²) in [6.07, 6.45) is 1.54. The first-order valence-corrected chi connectivity index (χ1v) is 4.46. The molecule has 0 saturated heterocycles. The van der Waals surface area contributed by atoms with Crippen LogP contribution in [-0.2, 0) is 0 Å². The van der Waals surface area contributed by atoms with Gasteiger partial charge in [0.15, 0.2) is 6.17 Å². The number of rotatable bonds is 1. The Bertz CT molecular complexity index is 308. The predicted octanol–water partition coefficient (Wildman–Crippen LogP) is 0.0105. The Morgan fingerprint density at radius 2 is 2.46 bits per heavy atom. The number of hydrogen-bond donors (Lipinski definition) is 1. The van der Waals surface area contributed by atoms with E-state index in [2.05, 4.69) is 15.0 Å². The standard InChI is InChI=1S/C7H10ClN5/c1-2-13-3-10-6-4(13)5(8)11-7(9)12-6/h3-4,6H,2H2,1H3,(H2,9,12). The van der Waals surface area contributed by atoms with Crippen LogP contribution in [0.5, 0.6) is 0 Å². The molecule has 2 aliphatic rings. The van der Waals surface area contributed by atoms with Gasteiger partial charge in [0, 0.05) is 6.54 Å². The van der Waals surface area contributed by atoms with Gasteiger partial charge in [-0.15, -0.1) is 0 Å². The predicted molar refractivity (Wildman–Crippen MR) is 53.4 cm³/mol. The van der Waals surface area contributed by atoms with Crippen molar-refractivity contribution >= 4 is 29.1 Å². The number of aliphatic imine (C=N–C) groups is 3. The number of guanidine groups is 1. The van der Waals surface area contributed by atoms with Crippen molar-refractivity contribution in [1.29, 1.82) is 0 Å². The molecule has 2 heterocycles. The van der Waals surface area contributed by atoms with Gasteiger partial charge in [-0.3, -0.25) is 0 Å². The van der Waals surface area contributed by atoms with Crippen LogP contribution in [0.2, 0.25) is 0 Å². The topological polar surface area (TPSA) is 66.3 Å². The molecule has 0 aliphatic carbocycles. The summed E-state index contributed by atoms with van der Waals surface area (Å²) in [4.78, 5) is 14.2. The molecule has 2 rings (SSSR count). The fourth-order valence-corrected chi connectivity index (χ4v) is 1.79. The minimum absolute atomic E-state index is 0.0426. The first kappa shape index (κ1) is 8.50. The summed E-state index contributed by atoms with van der Waals surface area (Å²) >= 11 is 5.95. The van der Waals surface area contributed by atoms with Crippen LogP contribution in [-0.4, -0.2) is 41.1 Å². The summed E-state index contributed by atoms with van der Waals surface area (Å²) in [5.41, 5.74) is 5.45. The lowest BCUT2D eigenvalue weighted by Gasteiger charge is -2.25. The average Bonchev–Trinajstić information content (AvgIpc) is 2.47. The van der Waals surface area contributed by atoms with Crippen LogP contribution in [0.4, 0.5) is 0 Å². The van der Waals surface area contributed by atoms with Crippen LogP contribution < -0.4 is 5.73 Å². The molecule has 2 unspecified atom stereocenters. The maximum atomic E-state index is 5.95. The van der Waals surface area contributed by atoms with Gasteiger partial charge in [-0.1, -0.05) is 11.6 Å². The SMILES string of the molecule is CCN1C=NC2N=C(N)N=C(Cl)C21.